The molecular formula is C8H4BrCl2IO. The molecule has 0 fully saturated rings. The minimum absolute atomic E-state index is 0.0584. The normalized spacial score (nSPS) is 10.2. The first-order valence-corrected chi connectivity index (χ1v) is 6.26. The van der Waals surface area contributed by atoms with Crippen molar-refractivity contribution in [3.8, 4) is 0 Å². The summed E-state index contributed by atoms with van der Waals surface area (Å²) in [5, 5.41) is 1.25. The fraction of sp³-hybridized carbons (Fsp3) is 0.125. The van der Waals surface area contributed by atoms with Crippen molar-refractivity contribution in [1.29, 1.82) is 0 Å². The van der Waals surface area contributed by atoms with Crippen LogP contribution in [0.3, 0.4) is 0 Å². The van der Waals surface area contributed by atoms with Crippen LogP contribution in [0.15, 0.2) is 12.1 Å². The maximum atomic E-state index is 11.4. The molecule has 0 bridgehead atoms. The van der Waals surface area contributed by atoms with Gasteiger partial charge in [0, 0.05) is 3.57 Å². The van der Waals surface area contributed by atoms with Gasteiger partial charge in [0.15, 0.2) is 5.78 Å². The van der Waals surface area contributed by atoms with Crippen molar-refractivity contribution in [2.45, 2.75) is 0 Å². The molecule has 0 radical (unpaired) electrons. The third-order valence-electron chi connectivity index (χ3n) is 1.44. The quantitative estimate of drug-likeness (QED) is 0.319. The van der Waals surface area contributed by atoms with E-state index in [9.17, 15) is 4.79 Å². The van der Waals surface area contributed by atoms with Gasteiger partial charge in [-0.1, -0.05) is 39.1 Å². The van der Waals surface area contributed by atoms with Crippen molar-refractivity contribution in [2.24, 2.45) is 0 Å². The van der Waals surface area contributed by atoms with Crippen LogP contribution in [0, 0.1) is 3.57 Å². The first-order valence-electron chi connectivity index (χ1n) is 3.30. The highest BCUT2D eigenvalue weighted by Crippen LogP contribution is 2.28. The summed E-state index contributed by atoms with van der Waals surface area (Å²) < 4.78 is 0.705. The van der Waals surface area contributed by atoms with Crippen LogP contribution < -0.4 is 0 Å². The SMILES string of the molecule is O=C(CBr)c1c(Cl)ccc(Cl)c1I. The molecule has 0 N–H and O–H groups in total. The van der Waals surface area contributed by atoms with Gasteiger partial charge in [-0.25, -0.2) is 0 Å². The molecule has 0 aliphatic rings. The number of halogens is 4. The lowest BCUT2D eigenvalue weighted by Crippen LogP contribution is -2.04. The number of ketones is 1. The Morgan fingerprint density at radius 2 is 1.92 bits per heavy atom. The number of carbonyl (C=O) groups is 1. The van der Waals surface area contributed by atoms with E-state index in [0.717, 1.165) is 0 Å². The van der Waals surface area contributed by atoms with E-state index in [-0.39, 0.29) is 11.1 Å². The Hall–Kier alpha value is 0.680. The molecule has 0 saturated heterocycles. The summed E-state index contributed by atoms with van der Waals surface area (Å²) >= 11 is 16.8. The van der Waals surface area contributed by atoms with E-state index in [1.54, 1.807) is 12.1 Å². The van der Waals surface area contributed by atoms with Crippen LogP contribution in [0.25, 0.3) is 0 Å². The minimum Gasteiger partial charge on any atom is -0.293 e. The highest BCUT2D eigenvalue weighted by molar-refractivity contribution is 14.1. The molecule has 0 spiro atoms. The maximum Gasteiger partial charge on any atom is 0.175 e. The van der Waals surface area contributed by atoms with Gasteiger partial charge in [0.1, 0.15) is 0 Å². The zero-order valence-electron chi connectivity index (χ0n) is 6.28. The molecule has 1 nitrogen and oxygen atoms in total. The third-order valence-corrected chi connectivity index (χ3v) is 4.02. The number of hydrogen-bond acceptors (Lipinski definition) is 1. The summed E-state index contributed by atoms with van der Waals surface area (Å²) in [6.07, 6.45) is 0. The van der Waals surface area contributed by atoms with Gasteiger partial charge in [-0.15, -0.1) is 0 Å². The average Bonchev–Trinajstić information content (AvgIpc) is 2.12. The van der Waals surface area contributed by atoms with E-state index in [2.05, 4.69) is 15.9 Å². The Morgan fingerprint density at radius 1 is 1.38 bits per heavy atom. The van der Waals surface area contributed by atoms with Gasteiger partial charge in [0.25, 0.3) is 0 Å². The molecule has 5 heteroatoms. The molecule has 70 valence electrons. The lowest BCUT2D eigenvalue weighted by Gasteiger charge is -2.05. The van der Waals surface area contributed by atoms with Gasteiger partial charge in [0.05, 0.1) is 20.9 Å². The molecule has 0 aromatic heterocycles. The van der Waals surface area contributed by atoms with Crippen LogP contribution in [0.4, 0.5) is 0 Å². The molecule has 0 unspecified atom stereocenters. The molecule has 13 heavy (non-hydrogen) atoms. The van der Waals surface area contributed by atoms with E-state index >= 15 is 0 Å². The van der Waals surface area contributed by atoms with Crippen molar-refractivity contribution in [2.75, 3.05) is 5.33 Å². The molecule has 0 amide bonds. The summed E-state index contributed by atoms with van der Waals surface area (Å²) in [6, 6.07) is 3.30. The van der Waals surface area contributed by atoms with Gasteiger partial charge in [-0.05, 0) is 34.7 Å². The summed E-state index contributed by atoms with van der Waals surface area (Å²) in [5.41, 5.74) is 0.492. The van der Waals surface area contributed by atoms with E-state index in [1.165, 1.54) is 0 Å². The Labute approximate surface area is 108 Å². The van der Waals surface area contributed by atoms with Crippen molar-refractivity contribution < 1.29 is 4.79 Å². The van der Waals surface area contributed by atoms with E-state index in [4.69, 9.17) is 23.2 Å². The monoisotopic (exact) mass is 392 g/mol. The molecule has 1 aromatic rings. The number of Topliss-reactive ketones (excluding diaryl/α,β-unsaturated/α-hetero) is 1. The fourth-order valence-corrected chi connectivity index (χ4v) is 2.48. The first-order chi connectivity index (χ1) is 6.07. The van der Waals surface area contributed by atoms with Gasteiger partial charge >= 0.3 is 0 Å². The van der Waals surface area contributed by atoms with Crippen molar-refractivity contribution in [1.82, 2.24) is 0 Å². The van der Waals surface area contributed by atoms with Crippen LogP contribution in [-0.2, 0) is 0 Å². The first kappa shape index (κ1) is 11.8. The average molecular weight is 394 g/mol. The van der Waals surface area contributed by atoms with E-state index in [0.29, 0.717) is 19.2 Å². The smallest absolute Gasteiger partial charge is 0.175 e. The summed E-state index contributed by atoms with van der Waals surface area (Å²) in [4.78, 5) is 11.4. The number of rotatable bonds is 2. The third kappa shape index (κ3) is 2.58. The van der Waals surface area contributed by atoms with Gasteiger partial charge in [-0.2, -0.15) is 0 Å². The molecule has 0 atom stereocenters. The summed E-state index contributed by atoms with van der Waals surface area (Å²) in [6.45, 7) is 0. The molecule has 1 aromatic carbocycles. The van der Waals surface area contributed by atoms with Crippen LogP contribution in [0.5, 0.6) is 0 Å². The van der Waals surface area contributed by atoms with Crippen LogP contribution in [-0.4, -0.2) is 11.1 Å². The highest BCUT2D eigenvalue weighted by Gasteiger charge is 2.15. The molecule has 0 aliphatic heterocycles. The lowest BCUT2D eigenvalue weighted by atomic mass is 10.1. The van der Waals surface area contributed by atoms with Crippen LogP contribution in [0.1, 0.15) is 10.4 Å². The standard InChI is InChI=1S/C8H4BrCl2IO/c9-3-6(13)7-4(10)1-2-5(11)8(7)12/h1-2H,3H2. The number of carbonyl (C=O) groups excluding carboxylic acids is 1. The molecular weight excluding hydrogens is 390 g/mol. The zero-order chi connectivity index (χ0) is 10.0. The topological polar surface area (TPSA) is 17.1 Å². The maximum absolute atomic E-state index is 11.4. The number of hydrogen-bond donors (Lipinski definition) is 0. The summed E-state index contributed by atoms with van der Waals surface area (Å²) in [7, 11) is 0. The van der Waals surface area contributed by atoms with E-state index in [1.807, 2.05) is 22.6 Å². The number of benzene rings is 1. The van der Waals surface area contributed by atoms with Crippen molar-refractivity contribution in [3.63, 3.8) is 0 Å². The molecule has 0 heterocycles. The zero-order valence-corrected chi connectivity index (χ0v) is 11.5. The Balaban J connectivity index is 3.33. The molecule has 0 aliphatic carbocycles. The second-order valence-electron chi connectivity index (χ2n) is 2.27. The van der Waals surface area contributed by atoms with Crippen LogP contribution >= 0.6 is 61.7 Å². The minimum atomic E-state index is -0.0584. The Kier molecular flexibility index (Phi) is 4.48. The predicted molar refractivity (Wildman–Crippen MR) is 67.3 cm³/mol. The Bertz CT molecular complexity index is 354. The largest absolute Gasteiger partial charge is 0.293 e. The van der Waals surface area contributed by atoms with Crippen molar-refractivity contribution >= 4 is 67.5 Å². The van der Waals surface area contributed by atoms with Crippen molar-refractivity contribution in [3.05, 3.63) is 31.3 Å². The van der Waals surface area contributed by atoms with Gasteiger partial charge in [-0.3, -0.25) is 4.79 Å². The molecule has 0 saturated carbocycles. The predicted octanol–water partition coefficient (Wildman–Crippen LogP) is 4.18. The van der Waals surface area contributed by atoms with E-state index < -0.39 is 0 Å². The van der Waals surface area contributed by atoms with Gasteiger partial charge < -0.3 is 0 Å². The fourth-order valence-electron chi connectivity index (χ4n) is 0.849. The second kappa shape index (κ2) is 4.96. The second-order valence-corrected chi connectivity index (χ2v) is 4.73. The summed E-state index contributed by atoms with van der Waals surface area (Å²) in [5.74, 6) is -0.0584. The highest BCUT2D eigenvalue weighted by atomic mass is 127. The van der Waals surface area contributed by atoms with Gasteiger partial charge in [0.2, 0.25) is 0 Å². The molecule has 1 rings (SSSR count). The number of alkyl halides is 1. The van der Waals surface area contributed by atoms with Crippen LogP contribution in [0.2, 0.25) is 10.0 Å². The lowest BCUT2D eigenvalue weighted by molar-refractivity contribution is 0.102. The Morgan fingerprint density at radius 3 is 2.46 bits per heavy atom.